The van der Waals surface area contributed by atoms with Gasteiger partial charge in [0, 0.05) is 48.4 Å². The summed E-state index contributed by atoms with van der Waals surface area (Å²) in [4.78, 5) is 23.6. The van der Waals surface area contributed by atoms with Crippen molar-refractivity contribution in [3.8, 4) is 11.5 Å². The summed E-state index contributed by atoms with van der Waals surface area (Å²) in [6, 6.07) is 6.69. The van der Waals surface area contributed by atoms with Crippen LogP contribution in [0.1, 0.15) is 34.9 Å². The van der Waals surface area contributed by atoms with E-state index in [4.69, 9.17) is 16.3 Å². The molecular formula is C23H29BrCl3N7O2S. The minimum atomic E-state index is -0.190. The number of carbonyl (C=O) groups excluding carboxylic acids is 1. The van der Waals surface area contributed by atoms with Crippen molar-refractivity contribution < 1.29 is 9.53 Å². The minimum absolute atomic E-state index is 0. The Morgan fingerprint density at radius 1 is 1.24 bits per heavy atom. The molecule has 3 N–H and O–H groups in total. The molecule has 0 aliphatic carbocycles. The van der Waals surface area contributed by atoms with E-state index in [1.807, 2.05) is 19.0 Å². The smallest absolute Gasteiger partial charge is 0.251 e. The molecule has 1 aliphatic heterocycles. The van der Waals surface area contributed by atoms with Crippen LogP contribution in [0.3, 0.4) is 0 Å². The minimum Gasteiger partial charge on any atom is -0.454 e. The summed E-state index contributed by atoms with van der Waals surface area (Å²) in [5.41, 5.74) is 0.464. The number of benzene rings is 1. The van der Waals surface area contributed by atoms with E-state index >= 15 is 0 Å². The molecule has 14 heteroatoms. The summed E-state index contributed by atoms with van der Waals surface area (Å²) in [5, 5.41) is 10.5. The zero-order valence-corrected chi connectivity index (χ0v) is 25.1. The Labute approximate surface area is 246 Å². The van der Waals surface area contributed by atoms with Gasteiger partial charge < -0.3 is 25.6 Å². The normalized spacial score (nSPS) is 13.4. The average molecular weight is 654 g/mol. The van der Waals surface area contributed by atoms with Gasteiger partial charge in [0.15, 0.2) is 0 Å². The summed E-state index contributed by atoms with van der Waals surface area (Å²) in [6.45, 7) is 3.27. The van der Waals surface area contributed by atoms with Crippen LogP contribution in [0.4, 0.5) is 10.9 Å². The molecule has 0 unspecified atom stereocenters. The third kappa shape index (κ3) is 8.91. The van der Waals surface area contributed by atoms with Crippen molar-refractivity contribution in [2.45, 2.75) is 18.8 Å². The quantitative estimate of drug-likeness (QED) is 0.279. The van der Waals surface area contributed by atoms with Crippen molar-refractivity contribution in [2.75, 3.05) is 45.6 Å². The van der Waals surface area contributed by atoms with E-state index < -0.39 is 0 Å². The van der Waals surface area contributed by atoms with Crippen LogP contribution in [-0.2, 0) is 0 Å². The lowest BCUT2D eigenvalue weighted by molar-refractivity contribution is 0.0950. The number of nitrogens with one attached hydrogen (secondary N) is 3. The highest BCUT2D eigenvalue weighted by Crippen LogP contribution is 2.36. The maximum absolute atomic E-state index is 12.5. The number of likely N-dealkylation sites (N-methyl/N-ethyl adjacent to an activating group) is 1. The predicted molar refractivity (Wildman–Crippen MR) is 157 cm³/mol. The molecule has 2 aromatic heterocycles. The van der Waals surface area contributed by atoms with E-state index in [1.165, 1.54) is 11.5 Å². The molecule has 4 rings (SSSR count). The number of halogens is 4. The monoisotopic (exact) mass is 651 g/mol. The third-order valence-electron chi connectivity index (χ3n) is 5.46. The van der Waals surface area contributed by atoms with Gasteiger partial charge in [0.25, 0.3) is 5.91 Å². The summed E-state index contributed by atoms with van der Waals surface area (Å²) < 4.78 is 11.2. The molecular weight excluding hydrogens is 625 g/mol. The molecule has 0 saturated carbocycles. The van der Waals surface area contributed by atoms with Gasteiger partial charge in [-0.05, 0) is 74.2 Å². The number of amides is 1. The lowest BCUT2D eigenvalue weighted by atomic mass is 9.98. The zero-order chi connectivity index (χ0) is 24.8. The first-order chi connectivity index (χ1) is 16.9. The molecule has 1 aliphatic rings. The standard InChI is InChI=1S/C23H27BrClN7O2S.2ClH/c1-32(2)10-9-27-22(33)15-3-4-17(25)19(11-15)34-18-12-20(28-13-16(18)24)29-23-30-21(31-35-23)14-5-7-26-8-6-14;;/h3-4,11-14,26H,5-10H2,1-2H3,(H,27,33)(H,28,29,30,31);2*1H. The van der Waals surface area contributed by atoms with Crippen LogP contribution in [0.15, 0.2) is 34.9 Å². The molecule has 0 bridgehead atoms. The number of rotatable bonds is 9. The van der Waals surface area contributed by atoms with Crippen molar-refractivity contribution in [1.29, 1.82) is 0 Å². The van der Waals surface area contributed by atoms with Crippen LogP contribution in [0.25, 0.3) is 0 Å². The first-order valence-corrected chi connectivity index (χ1v) is 13.2. The Kier molecular flexibility index (Phi) is 12.8. The van der Waals surface area contributed by atoms with E-state index in [0.717, 1.165) is 38.3 Å². The van der Waals surface area contributed by atoms with Gasteiger partial charge in [0.05, 0.1) is 9.50 Å². The van der Waals surface area contributed by atoms with Crippen molar-refractivity contribution >= 4 is 80.7 Å². The molecule has 1 fully saturated rings. The van der Waals surface area contributed by atoms with E-state index in [0.29, 0.717) is 50.0 Å². The summed E-state index contributed by atoms with van der Waals surface area (Å²) >= 11 is 11.2. The van der Waals surface area contributed by atoms with Crippen LogP contribution in [-0.4, -0.2) is 65.4 Å². The van der Waals surface area contributed by atoms with Gasteiger partial charge in [-0.25, -0.2) is 9.97 Å². The maximum Gasteiger partial charge on any atom is 0.251 e. The van der Waals surface area contributed by atoms with Gasteiger partial charge in [-0.2, -0.15) is 4.37 Å². The van der Waals surface area contributed by atoms with Crippen LogP contribution in [0, 0.1) is 0 Å². The van der Waals surface area contributed by atoms with Gasteiger partial charge in [-0.3, -0.25) is 4.79 Å². The second-order valence-corrected chi connectivity index (χ2v) is 10.4. The topological polar surface area (TPSA) is 104 Å². The summed E-state index contributed by atoms with van der Waals surface area (Å²) in [5.74, 6) is 2.50. The highest BCUT2D eigenvalue weighted by atomic mass is 79.9. The van der Waals surface area contributed by atoms with Crippen molar-refractivity contribution in [2.24, 2.45) is 0 Å². The van der Waals surface area contributed by atoms with Crippen LogP contribution in [0.2, 0.25) is 5.02 Å². The lowest BCUT2D eigenvalue weighted by Gasteiger charge is -2.19. The van der Waals surface area contributed by atoms with Crippen LogP contribution >= 0.6 is 63.9 Å². The van der Waals surface area contributed by atoms with Gasteiger partial charge in [0.1, 0.15) is 23.1 Å². The van der Waals surface area contributed by atoms with Gasteiger partial charge in [0.2, 0.25) is 5.13 Å². The molecule has 1 saturated heterocycles. The van der Waals surface area contributed by atoms with Crippen molar-refractivity contribution in [1.82, 2.24) is 29.9 Å². The number of hydrogen-bond donors (Lipinski definition) is 3. The number of anilines is 2. The number of nitrogens with zero attached hydrogens (tertiary/aromatic N) is 4. The van der Waals surface area contributed by atoms with Crippen LogP contribution in [0.5, 0.6) is 11.5 Å². The highest BCUT2D eigenvalue weighted by Gasteiger charge is 2.20. The van der Waals surface area contributed by atoms with E-state index in [1.54, 1.807) is 30.5 Å². The molecule has 0 spiro atoms. The number of pyridine rings is 1. The van der Waals surface area contributed by atoms with E-state index in [-0.39, 0.29) is 30.7 Å². The van der Waals surface area contributed by atoms with Crippen molar-refractivity contribution in [3.63, 3.8) is 0 Å². The number of aromatic nitrogens is 3. The molecule has 0 atom stereocenters. The Balaban J connectivity index is 0.00000241. The SMILES string of the molecule is CN(C)CCNC(=O)c1ccc(Cl)c(Oc2cc(Nc3nc(C4CCNCC4)ns3)ncc2Br)c1.Cl.Cl. The number of ether oxygens (including phenoxy) is 1. The van der Waals surface area contributed by atoms with Gasteiger partial charge >= 0.3 is 0 Å². The van der Waals surface area contributed by atoms with Gasteiger partial charge in [-0.15, -0.1) is 24.8 Å². The molecule has 37 heavy (non-hydrogen) atoms. The maximum atomic E-state index is 12.5. The molecule has 0 radical (unpaired) electrons. The Bertz CT molecular complexity index is 1180. The van der Waals surface area contributed by atoms with E-state index in [2.05, 4.69) is 46.2 Å². The molecule has 1 amide bonds. The number of piperidine rings is 1. The summed E-state index contributed by atoms with van der Waals surface area (Å²) in [6.07, 6.45) is 3.72. The molecule has 3 heterocycles. The molecule has 9 nitrogen and oxygen atoms in total. The third-order valence-corrected chi connectivity index (χ3v) is 7.01. The number of carbonyl (C=O) groups is 1. The predicted octanol–water partition coefficient (Wildman–Crippen LogP) is 5.49. The van der Waals surface area contributed by atoms with E-state index in [9.17, 15) is 4.79 Å². The molecule has 202 valence electrons. The molecule has 1 aromatic carbocycles. The first kappa shape index (κ1) is 31.5. The summed E-state index contributed by atoms with van der Waals surface area (Å²) in [7, 11) is 3.91. The first-order valence-electron chi connectivity index (χ1n) is 11.3. The largest absolute Gasteiger partial charge is 0.454 e. The van der Waals surface area contributed by atoms with Crippen molar-refractivity contribution in [3.05, 3.63) is 51.3 Å². The Morgan fingerprint density at radius 2 is 2.00 bits per heavy atom. The molecule has 3 aromatic rings. The second kappa shape index (κ2) is 15.0. The highest BCUT2D eigenvalue weighted by molar-refractivity contribution is 9.10. The fourth-order valence-corrected chi connectivity index (χ4v) is 4.65. The Hall–Kier alpha value is -1.73. The second-order valence-electron chi connectivity index (χ2n) is 8.41. The number of hydrogen-bond acceptors (Lipinski definition) is 9. The fourth-order valence-electron chi connectivity index (χ4n) is 3.54. The van der Waals surface area contributed by atoms with Crippen LogP contribution < -0.4 is 20.7 Å². The fraction of sp³-hybridized carbons (Fsp3) is 0.391. The Morgan fingerprint density at radius 3 is 2.73 bits per heavy atom. The zero-order valence-electron chi connectivity index (χ0n) is 20.3. The lowest BCUT2D eigenvalue weighted by Crippen LogP contribution is -2.31. The average Bonchev–Trinajstić information content (AvgIpc) is 3.31. The van der Waals surface area contributed by atoms with Gasteiger partial charge in [-0.1, -0.05) is 11.6 Å².